The highest BCUT2D eigenvalue weighted by Gasteiger charge is 2.14. The van der Waals surface area contributed by atoms with Crippen molar-refractivity contribution in [3.63, 3.8) is 0 Å². The van der Waals surface area contributed by atoms with Crippen molar-refractivity contribution in [1.29, 1.82) is 0 Å². The average Bonchev–Trinajstić information content (AvgIpc) is 3.47. The first kappa shape index (κ1) is 21.1. The number of amides is 1. The predicted octanol–water partition coefficient (Wildman–Crippen LogP) is 4.17. The van der Waals surface area contributed by atoms with Crippen LogP contribution < -0.4 is 5.43 Å². The first-order chi connectivity index (χ1) is 15.9. The molecule has 0 unspecified atom stereocenters. The van der Waals surface area contributed by atoms with Crippen LogP contribution in [0.5, 0.6) is 0 Å². The highest BCUT2D eigenvalue weighted by Crippen LogP contribution is 2.21. The Bertz CT molecular complexity index is 1430. The summed E-state index contributed by atoms with van der Waals surface area (Å²) in [7, 11) is 0. The van der Waals surface area contributed by atoms with Gasteiger partial charge >= 0.3 is 11.8 Å². The van der Waals surface area contributed by atoms with Crippen LogP contribution in [-0.2, 0) is 0 Å². The molecule has 1 aromatic carbocycles. The number of carbonyl (C=O) groups excluding carboxylic acids is 1. The minimum Gasteiger partial charge on any atom is -0.401 e. The van der Waals surface area contributed by atoms with Crippen LogP contribution in [0.2, 0.25) is 0 Å². The number of hydrogen-bond donors (Lipinski definition) is 1. The van der Waals surface area contributed by atoms with E-state index in [1.54, 1.807) is 30.3 Å². The molecule has 0 aliphatic rings. The third-order valence-electron chi connectivity index (χ3n) is 4.34. The van der Waals surface area contributed by atoms with Crippen LogP contribution in [0.4, 0.5) is 11.8 Å². The van der Waals surface area contributed by atoms with Crippen LogP contribution in [0, 0.1) is 20.2 Å². The molecule has 0 bridgehead atoms. The van der Waals surface area contributed by atoms with Gasteiger partial charge < -0.3 is 8.83 Å². The van der Waals surface area contributed by atoms with Gasteiger partial charge in [-0.25, -0.2) is 10.4 Å². The van der Waals surface area contributed by atoms with E-state index in [9.17, 15) is 25.0 Å². The highest BCUT2D eigenvalue weighted by atomic mass is 16.7. The SMILES string of the molecule is O=C(N/N=C/c1ccc([N+](=O)[O-])o1)c1cc(/C=C/c2ccc([N+](=O)[O-])o2)nc2ccccc12. The maximum atomic E-state index is 12.8. The number of furan rings is 2. The van der Waals surface area contributed by atoms with Crippen molar-refractivity contribution in [3.05, 3.63) is 97.6 Å². The van der Waals surface area contributed by atoms with Crippen LogP contribution in [-0.4, -0.2) is 27.0 Å². The summed E-state index contributed by atoms with van der Waals surface area (Å²) < 4.78 is 10.0. The second-order valence-electron chi connectivity index (χ2n) is 6.51. The molecule has 4 rings (SSSR count). The number of benzene rings is 1. The summed E-state index contributed by atoms with van der Waals surface area (Å²) in [6, 6.07) is 13.7. The van der Waals surface area contributed by atoms with Crippen molar-refractivity contribution in [2.45, 2.75) is 0 Å². The lowest BCUT2D eigenvalue weighted by atomic mass is 10.1. The van der Waals surface area contributed by atoms with Gasteiger partial charge in [-0.15, -0.1) is 0 Å². The number of rotatable bonds is 7. The van der Waals surface area contributed by atoms with E-state index in [0.29, 0.717) is 16.6 Å². The number of fused-ring (bicyclic) bond motifs is 1. The molecule has 3 aromatic heterocycles. The van der Waals surface area contributed by atoms with Crippen molar-refractivity contribution >= 4 is 46.9 Å². The van der Waals surface area contributed by atoms with Gasteiger partial charge in [0.2, 0.25) is 0 Å². The zero-order valence-corrected chi connectivity index (χ0v) is 16.6. The number of nitro groups is 2. The molecule has 33 heavy (non-hydrogen) atoms. The fraction of sp³-hybridized carbons (Fsp3) is 0. The molecule has 0 saturated carbocycles. The number of hydrazone groups is 1. The summed E-state index contributed by atoms with van der Waals surface area (Å²) in [4.78, 5) is 37.3. The van der Waals surface area contributed by atoms with Gasteiger partial charge in [0, 0.05) is 5.39 Å². The summed E-state index contributed by atoms with van der Waals surface area (Å²) in [5.41, 5.74) is 3.57. The van der Waals surface area contributed by atoms with Gasteiger partial charge in [-0.3, -0.25) is 25.0 Å². The lowest BCUT2D eigenvalue weighted by molar-refractivity contribution is -0.402. The van der Waals surface area contributed by atoms with Gasteiger partial charge in [-0.2, -0.15) is 5.10 Å². The number of aromatic nitrogens is 1. The molecular formula is C21H13N5O7. The number of nitrogens with zero attached hydrogens (tertiary/aromatic N) is 4. The molecule has 0 spiro atoms. The number of pyridine rings is 1. The molecule has 0 atom stereocenters. The Morgan fingerprint density at radius 2 is 1.61 bits per heavy atom. The smallest absolute Gasteiger partial charge is 0.401 e. The highest BCUT2D eigenvalue weighted by molar-refractivity contribution is 6.06. The second-order valence-corrected chi connectivity index (χ2v) is 6.51. The molecule has 164 valence electrons. The van der Waals surface area contributed by atoms with E-state index in [4.69, 9.17) is 8.83 Å². The lowest BCUT2D eigenvalue weighted by Gasteiger charge is -2.06. The van der Waals surface area contributed by atoms with E-state index >= 15 is 0 Å². The van der Waals surface area contributed by atoms with Crippen molar-refractivity contribution < 1.29 is 23.5 Å². The summed E-state index contributed by atoms with van der Waals surface area (Å²) >= 11 is 0. The fourth-order valence-corrected chi connectivity index (χ4v) is 2.89. The van der Waals surface area contributed by atoms with E-state index in [1.165, 1.54) is 36.4 Å². The molecule has 0 aliphatic carbocycles. The lowest BCUT2D eigenvalue weighted by Crippen LogP contribution is -2.18. The van der Waals surface area contributed by atoms with Crippen LogP contribution in [0.3, 0.4) is 0 Å². The van der Waals surface area contributed by atoms with Crippen molar-refractivity contribution in [3.8, 4) is 0 Å². The number of nitrogens with one attached hydrogen (secondary N) is 1. The molecular weight excluding hydrogens is 434 g/mol. The molecule has 0 radical (unpaired) electrons. The molecule has 0 aliphatic heterocycles. The van der Waals surface area contributed by atoms with E-state index in [0.717, 1.165) is 6.21 Å². The zero-order valence-electron chi connectivity index (χ0n) is 16.6. The number of hydrogen-bond acceptors (Lipinski definition) is 9. The predicted molar refractivity (Wildman–Crippen MR) is 116 cm³/mol. The summed E-state index contributed by atoms with van der Waals surface area (Å²) in [5.74, 6) is -1.03. The van der Waals surface area contributed by atoms with Gasteiger partial charge in [0.05, 0.1) is 35.1 Å². The van der Waals surface area contributed by atoms with Crippen LogP contribution in [0.15, 0.2) is 68.5 Å². The third kappa shape index (κ3) is 4.80. The monoisotopic (exact) mass is 447 g/mol. The largest absolute Gasteiger partial charge is 0.433 e. The molecule has 0 fully saturated rings. The molecule has 3 heterocycles. The molecule has 1 amide bonds. The Kier molecular flexibility index (Phi) is 5.72. The molecule has 4 aromatic rings. The standard InChI is InChI=1S/C21H13N5O7/c27-21(24-22-12-15-8-10-20(33-15)26(30)31)17-11-13(23-18-4-2-1-3-16(17)18)5-6-14-7-9-19(32-14)25(28)29/h1-12H,(H,24,27)/b6-5+,22-12+. The first-order valence-corrected chi connectivity index (χ1v) is 9.30. The fourth-order valence-electron chi connectivity index (χ4n) is 2.89. The quantitative estimate of drug-likeness (QED) is 0.250. The molecule has 12 heteroatoms. The first-order valence-electron chi connectivity index (χ1n) is 9.30. The van der Waals surface area contributed by atoms with E-state index < -0.39 is 21.6 Å². The summed E-state index contributed by atoms with van der Waals surface area (Å²) in [6.07, 6.45) is 4.18. The maximum Gasteiger partial charge on any atom is 0.433 e. The minimum absolute atomic E-state index is 0.0951. The van der Waals surface area contributed by atoms with Gasteiger partial charge in [0.15, 0.2) is 5.76 Å². The van der Waals surface area contributed by atoms with E-state index in [-0.39, 0.29) is 23.0 Å². The normalized spacial score (nSPS) is 11.4. The number of carbonyl (C=O) groups is 1. The van der Waals surface area contributed by atoms with Crippen molar-refractivity contribution in [1.82, 2.24) is 10.4 Å². The maximum absolute atomic E-state index is 12.8. The second kappa shape index (κ2) is 8.93. The van der Waals surface area contributed by atoms with Crippen molar-refractivity contribution in [2.24, 2.45) is 5.10 Å². The van der Waals surface area contributed by atoms with Crippen molar-refractivity contribution in [2.75, 3.05) is 0 Å². The third-order valence-corrected chi connectivity index (χ3v) is 4.34. The Labute approximate surface area is 184 Å². The van der Waals surface area contributed by atoms with Gasteiger partial charge in [-0.05, 0) is 36.4 Å². The van der Waals surface area contributed by atoms with Crippen LogP contribution in [0.25, 0.3) is 23.1 Å². The van der Waals surface area contributed by atoms with Crippen LogP contribution >= 0.6 is 0 Å². The summed E-state index contributed by atoms with van der Waals surface area (Å²) in [5, 5.41) is 25.8. The average molecular weight is 447 g/mol. The minimum atomic E-state index is -0.686. The Balaban J connectivity index is 1.58. The zero-order chi connectivity index (χ0) is 23.4. The van der Waals surface area contributed by atoms with Gasteiger partial charge in [0.25, 0.3) is 5.91 Å². The Morgan fingerprint density at radius 1 is 0.939 bits per heavy atom. The van der Waals surface area contributed by atoms with Crippen LogP contribution in [0.1, 0.15) is 27.6 Å². The molecule has 12 nitrogen and oxygen atoms in total. The number of para-hydroxylation sites is 1. The molecule has 0 saturated heterocycles. The topological polar surface area (TPSA) is 167 Å². The van der Waals surface area contributed by atoms with E-state index in [1.807, 2.05) is 0 Å². The molecule has 1 N–H and O–H groups in total. The van der Waals surface area contributed by atoms with Gasteiger partial charge in [0.1, 0.15) is 15.6 Å². The Morgan fingerprint density at radius 3 is 2.30 bits per heavy atom. The van der Waals surface area contributed by atoms with Gasteiger partial charge in [-0.1, -0.05) is 18.2 Å². The Hall–Kier alpha value is -5.13. The summed E-state index contributed by atoms with van der Waals surface area (Å²) in [6.45, 7) is 0. The van der Waals surface area contributed by atoms with E-state index in [2.05, 4.69) is 15.5 Å².